The fraction of sp³-hybridized carbons (Fsp3) is 0.250. The van der Waals surface area contributed by atoms with Crippen molar-refractivity contribution in [3.63, 3.8) is 0 Å². The smallest absolute Gasteiger partial charge is 0.244 e. The second-order valence-corrected chi connectivity index (χ2v) is 6.06. The summed E-state index contributed by atoms with van der Waals surface area (Å²) in [4.78, 5) is 0.173. The molecule has 0 saturated heterocycles. The van der Waals surface area contributed by atoms with Gasteiger partial charge in [0.05, 0.1) is 6.20 Å². The summed E-state index contributed by atoms with van der Waals surface area (Å²) in [5.74, 6) is 0. The number of sulfonamides is 1. The Hall–Kier alpha value is -1.66. The molecule has 0 amide bonds. The molecule has 1 heterocycles. The van der Waals surface area contributed by atoms with Crippen molar-refractivity contribution in [3.8, 4) is 0 Å². The number of fused-ring (bicyclic) bond motifs is 1. The number of rotatable bonds is 3. The van der Waals surface area contributed by atoms with Crippen LogP contribution in [0.2, 0.25) is 0 Å². The largest absolute Gasteiger partial charge is 0.284 e. The minimum Gasteiger partial charge on any atom is -0.284 e. The molecule has 1 aromatic heterocycles. The first-order chi connectivity index (χ1) is 8.67. The van der Waals surface area contributed by atoms with Gasteiger partial charge in [0.25, 0.3) is 0 Å². The van der Waals surface area contributed by atoms with Crippen LogP contribution in [-0.4, -0.2) is 18.6 Å². The van der Waals surface area contributed by atoms with Gasteiger partial charge in [-0.15, -0.1) is 0 Å². The van der Waals surface area contributed by atoms with E-state index in [9.17, 15) is 8.42 Å². The fourth-order valence-corrected chi connectivity index (χ4v) is 3.48. The molecule has 5 nitrogen and oxygen atoms in total. The van der Waals surface area contributed by atoms with Crippen molar-refractivity contribution in [2.75, 3.05) is 0 Å². The average molecular weight is 263 g/mol. The minimum atomic E-state index is -3.49. The first-order valence-electron chi connectivity index (χ1n) is 5.76. The molecule has 18 heavy (non-hydrogen) atoms. The summed E-state index contributed by atoms with van der Waals surface area (Å²) >= 11 is 0. The summed E-state index contributed by atoms with van der Waals surface area (Å²) in [6.07, 6.45) is 4.40. The maximum atomic E-state index is 12.1. The van der Waals surface area contributed by atoms with Crippen LogP contribution in [0.25, 0.3) is 0 Å². The SMILES string of the molecule is O=S(=O)(NC1CCc2ccccc21)c1cn[nH]c1. The highest BCUT2D eigenvalue weighted by atomic mass is 32.2. The lowest BCUT2D eigenvalue weighted by atomic mass is 10.1. The monoisotopic (exact) mass is 263 g/mol. The fourth-order valence-electron chi connectivity index (χ4n) is 2.32. The first-order valence-corrected chi connectivity index (χ1v) is 7.24. The number of aryl methyl sites for hydroxylation is 1. The first kappa shape index (κ1) is 11.4. The number of aromatic amines is 1. The summed E-state index contributed by atoms with van der Waals surface area (Å²) in [5.41, 5.74) is 2.29. The van der Waals surface area contributed by atoms with Crippen LogP contribution < -0.4 is 4.72 Å². The number of hydrogen-bond donors (Lipinski definition) is 2. The van der Waals surface area contributed by atoms with Crippen molar-refractivity contribution in [1.82, 2.24) is 14.9 Å². The molecule has 2 aromatic rings. The third-order valence-corrected chi connectivity index (χ3v) is 4.65. The number of aromatic nitrogens is 2. The maximum absolute atomic E-state index is 12.1. The summed E-state index contributed by atoms with van der Waals surface area (Å²) in [6.45, 7) is 0. The molecule has 1 aromatic carbocycles. The molecule has 1 aliphatic carbocycles. The Kier molecular flexibility index (Phi) is 2.68. The zero-order valence-electron chi connectivity index (χ0n) is 9.63. The molecule has 0 spiro atoms. The summed E-state index contributed by atoms with van der Waals surface area (Å²) in [7, 11) is -3.49. The highest BCUT2D eigenvalue weighted by Crippen LogP contribution is 2.31. The molecule has 1 aliphatic rings. The van der Waals surface area contributed by atoms with E-state index in [2.05, 4.69) is 14.9 Å². The third-order valence-electron chi connectivity index (χ3n) is 3.21. The van der Waals surface area contributed by atoms with Crippen LogP contribution >= 0.6 is 0 Å². The van der Waals surface area contributed by atoms with E-state index < -0.39 is 10.0 Å². The van der Waals surface area contributed by atoms with Crippen LogP contribution in [0.5, 0.6) is 0 Å². The Morgan fingerprint density at radius 2 is 2.17 bits per heavy atom. The predicted octanol–water partition coefficient (Wildman–Crippen LogP) is 1.38. The molecule has 0 radical (unpaired) electrons. The van der Waals surface area contributed by atoms with Gasteiger partial charge < -0.3 is 0 Å². The van der Waals surface area contributed by atoms with E-state index >= 15 is 0 Å². The van der Waals surface area contributed by atoms with Crippen LogP contribution in [0, 0.1) is 0 Å². The van der Waals surface area contributed by atoms with Crippen molar-refractivity contribution in [3.05, 3.63) is 47.8 Å². The molecule has 0 saturated carbocycles. The van der Waals surface area contributed by atoms with E-state index in [4.69, 9.17) is 0 Å². The zero-order chi connectivity index (χ0) is 12.6. The highest BCUT2D eigenvalue weighted by Gasteiger charge is 2.27. The molecule has 1 atom stereocenters. The van der Waals surface area contributed by atoms with Gasteiger partial charge in [-0.3, -0.25) is 5.10 Å². The Labute approximate surface area is 105 Å². The van der Waals surface area contributed by atoms with E-state index in [1.54, 1.807) is 0 Å². The quantitative estimate of drug-likeness (QED) is 0.878. The van der Waals surface area contributed by atoms with Gasteiger partial charge in [0.15, 0.2) is 0 Å². The van der Waals surface area contributed by atoms with Gasteiger partial charge >= 0.3 is 0 Å². The number of hydrogen-bond acceptors (Lipinski definition) is 3. The Balaban J connectivity index is 1.88. The van der Waals surface area contributed by atoms with Gasteiger partial charge in [-0.05, 0) is 24.0 Å². The number of nitrogens with zero attached hydrogens (tertiary/aromatic N) is 1. The van der Waals surface area contributed by atoms with Crippen LogP contribution in [0.4, 0.5) is 0 Å². The lowest BCUT2D eigenvalue weighted by Crippen LogP contribution is -2.27. The Morgan fingerprint density at radius 3 is 2.94 bits per heavy atom. The second-order valence-electron chi connectivity index (χ2n) is 4.35. The van der Waals surface area contributed by atoms with Gasteiger partial charge in [0.2, 0.25) is 10.0 Å². The van der Waals surface area contributed by atoms with Crippen molar-refractivity contribution < 1.29 is 8.42 Å². The molecule has 3 rings (SSSR count). The lowest BCUT2D eigenvalue weighted by Gasteiger charge is -2.13. The van der Waals surface area contributed by atoms with E-state index in [0.717, 1.165) is 18.4 Å². The topological polar surface area (TPSA) is 74.8 Å². The Morgan fingerprint density at radius 1 is 1.33 bits per heavy atom. The highest BCUT2D eigenvalue weighted by molar-refractivity contribution is 7.89. The zero-order valence-corrected chi connectivity index (χ0v) is 10.4. The van der Waals surface area contributed by atoms with E-state index in [-0.39, 0.29) is 10.9 Å². The molecule has 2 N–H and O–H groups in total. The van der Waals surface area contributed by atoms with Gasteiger partial charge in [0, 0.05) is 12.2 Å². The normalized spacial score (nSPS) is 18.8. The number of H-pyrrole nitrogens is 1. The van der Waals surface area contributed by atoms with E-state index in [1.807, 2.05) is 24.3 Å². The predicted molar refractivity (Wildman–Crippen MR) is 66.4 cm³/mol. The summed E-state index contributed by atoms with van der Waals surface area (Å²) in [5, 5.41) is 6.17. The Bertz CT molecular complexity index is 650. The van der Waals surface area contributed by atoms with Crippen molar-refractivity contribution in [2.24, 2.45) is 0 Å². The molecule has 0 bridgehead atoms. The second kappa shape index (κ2) is 4.22. The molecule has 0 fully saturated rings. The molecular formula is C12H13N3O2S. The van der Waals surface area contributed by atoms with Crippen LogP contribution in [-0.2, 0) is 16.4 Å². The molecule has 0 aliphatic heterocycles. The summed E-state index contributed by atoms with van der Waals surface area (Å²) in [6, 6.07) is 7.79. The van der Waals surface area contributed by atoms with Crippen LogP contribution in [0.1, 0.15) is 23.6 Å². The molecular weight excluding hydrogens is 250 g/mol. The van der Waals surface area contributed by atoms with E-state index in [1.165, 1.54) is 18.0 Å². The molecule has 94 valence electrons. The molecule has 1 unspecified atom stereocenters. The maximum Gasteiger partial charge on any atom is 0.244 e. The standard InChI is InChI=1S/C12H13N3O2S/c16-18(17,10-7-13-14-8-10)15-12-6-5-9-3-1-2-4-11(9)12/h1-4,7-8,12,15H,5-6H2,(H,13,14). The van der Waals surface area contributed by atoms with Gasteiger partial charge in [0.1, 0.15) is 4.90 Å². The number of nitrogens with one attached hydrogen (secondary N) is 2. The van der Waals surface area contributed by atoms with Crippen LogP contribution in [0.3, 0.4) is 0 Å². The van der Waals surface area contributed by atoms with Gasteiger partial charge in [-0.2, -0.15) is 5.10 Å². The van der Waals surface area contributed by atoms with Gasteiger partial charge in [-0.1, -0.05) is 24.3 Å². The van der Waals surface area contributed by atoms with E-state index in [0.29, 0.717) is 0 Å². The lowest BCUT2D eigenvalue weighted by molar-refractivity contribution is 0.554. The van der Waals surface area contributed by atoms with Gasteiger partial charge in [-0.25, -0.2) is 13.1 Å². The number of benzene rings is 1. The van der Waals surface area contributed by atoms with Crippen molar-refractivity contribution in [1.29, 1.82) is 0 Å². The molecule has 6 heteroatoms. The minimum absolute atomic E-state index is 0.138. The average Bonchev–Trinajstić information content (AvgIpc) is 2.99. The van der Waals surface area contributed by atoms with Crippen molar-refractivity contribution >= 4 is 10.0 Å². The van der Waals surface area contributed by atoms with Crippen molar-refractivity contribution in [2.45, 2.75) is 23.8 Å². The third kappa shape index (κ3) is 1.93. The van der Waals surface area contributed by atoms with Crippen LogP contribution in [0.15, 0.2) is 41.6 Å². The summed E-state index contributed by atoms with van der Waals surface area (Å²) < 4.78 is 26.9.